The third-order valence-electron chi connectivity index (χ3n) is 6.25. The topological polar surface area (TPSA) is 50.7 Å². The Bertz CT molecular complexity index is 909. The smallest absolute Gasteiger partial charge is 0.244 e. The standard InChI is InChI=1S/C23H24I2N2O2/c1-23-10-6-5-9-17(23)20(23)22(28)27-26-13-16-11-18(24)21(19(25)12-16)29-14-15-7-3-2-4-8-15/h2-4,7-8,11-13,17,20H,5-6,9-10,14H2,1H3,(H,27,28)/b26-13-/t17-,20-,23-/m0/s1. The quantitative estimate of drug-likeness (QED) is 0.256. The molecule has 0 unspecified atom stereocenters. The van der Waals surface area contributed by atoms with Crippen molar-refractivity contribution in [3.05, 3.63) is 60.7 Å². The molecule has 1 N–H and O–H groups in total. The molecule has 2 aromatic carbocycles. The van der Waals surface area contributed by atoms with Crippen LogP contribution in [0, 0.1) is 24.4 Å². The third kappa shape index (κ3) is 4.62. The maximum Gasteiger partial charge on any atom is 0.244 e. The lowest BCUT2D eigenvalue weighted by Crippen LogP contribution is -2.22. The molecule has 29 heavy (non-hydrogen) atoms. The third-order valence-corrected chi connectivity index (χ3v) is 7.85. The van der Waals surface area contributed by atoms with Gasteiger partial charge >= 0.3 is 0 Å². The number of carbonyl (C=O) groups is 1. The number of nitrogens with one attached hydrogen (secondary N) is 1. The second-order valence-electron chi connectivity index (χ2n) is 8.16. The minimum absolute atomic E-state index is 0.0721. The minimum Gasteiger partial charge on any atom is -0.487 e. The monoisotopic (exact) mass is 614 g/mol. The number of amides is 1. The highest BCUT2D eigenvalue weighted by Gasteiger charge is 2.64. The van der Waals surface area contributed by atoms with E-state index < -0.39 is 0 Å². The van der Waals surface area contributed by atoms with Crippen LogP contribution < -0.4 is 10.2 Å². The van der Waals surface area contributed by atoms with Crippen LogP contribution in [0.5, 0.6) is 5.75 Å². The highest BCUT2D eigenvalue weighted by atomic mass is 127. The van der Waals surface area contributed by atoms with Crippen LogP contribution in [0.15, 0.2) is 47.6 Å². The fourth-order valence-electron chi connectivity index (χ4n) is 4.61. The van der Waals surface area contributed by atoms with Crippen LogP contribution in [0.2, 0.25) is 0 Å². The lowest BCUT2D eigenvalue weighted by atomic mass is 9.90. The van der Waals surface area contributed by atoms with E-state index in [9.17, 15) is 4.79 Å². The van der Waals surface area contributed by atoms with Gasteiger partial charge in [-0.15, -0.1) is 0 Å². The van der Waals surface area contributed by atoms with Crippen molar-refractivity contribution in [2.45, 2.75) is 39.2 Å². The number of carbonyl (C=O) groups excluding carboxylic acids is 1. The average molecular weight is 614 g/mol. The summed E-state index contributed by atoms with van der Waals surface area (Å²) in [5, 5.41) is 4.23. The first-order valence-corrected chi connectivity index (χ1v) is 12.1. The summed E-state index contributed by atoms with van der Waals surface area (Å²) in [6, 6.07) is 14.2. The Balaban J connectivity index is 1.36. The van der Waals surface area contributed by atoms with Crippen molar-refractivity contribution < 1.29 is 9.53 Å². The zero-order chi connectivity index (χ0) is 20.4. The van der Waals surface area contributed by atoms with E-state index in [1.165, 1.54) is 25.7 Å². The molecule has 0 radical (unpaired) electrons. The molecule has 2 saturated carbocycles. The molecule has 2 aliphatic rings. The molecule has 3 atom stereocenters. The van der Waals surface area contributed by atoms with Gasteiger partial charge in [0.05, 0.1) is 13.4 Å². The molecule has 2 aromatic rings. The van der Waals surface area contributed by atoms with Crippen LogP contribution in [0.4, 0.5) is 0 Å². The molecule has 2 fully saturated rings. The predicted molar refractivity (Wildman–Crippen MR) is 132 cm³/mol. The molecule has 4 nitrogen and oxygen atoms in total. The SMILES string of the molecule is C[C@]12CCCC[C@H]1[C@H]2C(=O)N/N=C\c1cc(I)c(OCc2ccccc2)c(I)c1. The number of benzene rings is 2. The molecule has 0 spiro atoms. The number of fused-ring (bicyclic) bond motifs is 1. The molecule has 0 bridgehead atoms. The summed E-state index contributed by atoms with van der Waals surface area (Å²) in [5.74, 6) is 1.64. The molecule has 0 saturated heterocycles. The highest BCUT2D eigenvalue weighted by Crippen LogP contribution is 2.66. The molecule has 6 heteroatoms. The number of ether oxygens (including phenoxy) is 1. The number of nitrogens with zero attached hydrogens (tertiary/aromatic N) is 1. The number of rotatable bonds is 6. The Labute approximate surface area is 199 Å². The molecule has 0 heterocycles. The van der Waals surface area contributed by atoms with Crippen LogP contribution in [0.25, 0.3) is 0 Å². The average Bonchev–Trinajstić information content (AvgIpc) is 3.33. The first-order chi connectivity index (χ1) is 14.0. The fraction of sp³-hybridized carbons (Fsp3) is 0.391. The van der Waals surface area contributed by atoms with Crippen molar-refractivity contribution in [2.75, 3.05) is 0 Å². The van der Waals surface area contributed by atoms with Crippen molar-refractivity contribution in [1.29, 1.82) is 0 Å². The molecule has 0 aliphatic heterocycles. The summed E-state index contributed by atoms with van der Waals surface area (Å²) in [4.78, 5) is 12.5. The van der Waals surface area contributed by atoms with Crippen molar-refractivity contribution in [3.8, 4) is 5.75 Å². The summed E-state index contributed by atoms with van der Waals surface area (Å²) in [6.45, 7) is 2.79. The highest BCUT2D eigenvalue weighted by molar-refractivity contribution is 14.1. The molecular weight excluding hydrogens is 590 g/mol. The van der Waals surface area contributed by atoms with Crippen LogP contribution in [0.3, 0.4) is 0 Å². The first-order valence-electron chi connectivity index (χ1n) is 9.98. The van der Waals surface area contributed by atoms with Crippen LogP contribution in [0.1, 0.15) is 43.7 Å². The first kappa shape index (κ1) is 21.1. The van der Waals surface area contributed by atoms with Gasteiger partial charge in [-0.05, 0) is 92.6 Å². The Morgan fingerprint density at radius 3 is 2.62 bits per heavy atom. The molecule has 0 aromatic heterocycles. The van der Waals surface area contributed by atoms with E-state index in [4.69, 9.17) is 4.74 Å². The van der Waals surface area contributed by atoms with Gasteiger partial charge in [0.1, 0.15) is 12.4 Å². The van der Waals surface area contributed by atoms with E-state index in [1.807, 2.05) is 30.3 Å². The van der Waals surface area contributed by atoms with Crippen molar-refractivity contribution in [2.24, 2.45) is 22.4 Å². The van der Waals surface area contributed by atoms with E-state index in [0.29, 0.717) is 12.5 Å². The second-order valence-corrected chi connectivity index (χ2v) is 10.5. The van der Waals surface area contributed by atoms with Gasteiger partial charge in [0, 0.05) is 5.92 Å². The lowest BCUT2D eigenvalue weighted by molar-refractivity contribution is -0.123. The van der Waals surface area contributed by atoms with Crippen LogP contribution >= 0.6 is 45.2 Å². The Kier molecular flexibility index (Phi) is 6.48. The number of hydrogen-bond donors (Lipinski definition) is 1. The van der Waals surface area contributed by atoms with Crippen LogP contribution in [-0.2, 0) is 11.4 Å². The van der Waals surface area contributed by atoms with E-state index in [1.54, 1.807) is 6.21 Å². The number of halogens is 2. The second kappa shape index (κ2) is 8.91. The van der Waals surface area contributed by atoms with Gasteiger partial charge in [-0.25, -0.2) is 5.43 Å². The number of hydrogen-bond acceptors (Lipinski definition) is 3. The van der Waals surface area contributed by atoms with E-state index in [0.717, 1.165) is 24.0 Å². The molecule has 152 valence electrons. The summed E-state index contributed by atoms with van der Waals surface area (Å²) in [6.07, 6.45) is 6.56. The minimum atomic E-state index is 0.0721. The largest absolute Gasteiger partial charge is 0.487 e. The zero-order valence-corrected chi connectivity index (χ0v) is 20.6. The van der Waals surface area contributed by atoms with E-state index in [2.05, 4.69) is 74.8 Å². The predicted octanol–water partition coefficient (Wildman–Crippen LogP) is 5.75. The Morgan fingerprint density at radius 1 is 1.24 bits per heavy atom. The van der Waals surface area contributed by atoms with Crippen molar-refractivity contribution >= 4 is 57.3 Å². The lowest BCUT2D eigenvalue weighted by Gasteiger charge is -2.15. The van der Waals surface area contributed by atoms with E-state index in [-0.39, 0.29) is 17.2 Å². The van der Waals surface area contributed by atoms with Gasteiger partial charge in [-0.3, -0.25) is 4.79 Å². The van der Waals surface area contributed by atoms with Gasteiger partial charge in [0.2, 0.25) is 5.91 Å². The maximum atomic E-state index is 12.5. The summed E-state index contributed by atoms with van der Waals surface area (Å²) in [5.41, 5.74) is 5.07. The van der Waals surface area contributed by atoms with Crippen molar-refractivity contribution in [1.82, 2.24) is 5.43 Å². The van der Waals surface area contributed by atoms with E-state index >= 15 is 0 Å². The maximum absolute atomic E-state index is 12.5. The molecule has 1 amide bonds. The van der Waals surface area contributed by atoms with Gasteiger partial charge in [-0.2, -0.15) is 5.10 Å². The van der Waals surface area contributed by atoms with Gasteiger partial charge in [0.25, 0.3) is 0 Å². The Hall–Kier alpha value is -1.16. The fourth-order valence-corrected chi connectivity index (χ4v) is 6.74. The van der Waals surface area contributed by atoms with Gasteiger partial charge < -0.3 is 4.74 Å². The summed E-state index contributed by atoms with van der Waals surface area (Å²) >= 11 is 4.57. The van der Waals surface area contributed by atoms with Gasteiger partial charge in [-0.1, -0.05) is 50.1 Å². The van der Waals surface area contributed by atoms with Gasteiger partial charge in [0.15, 0.2) is 0 Å². The zero-order valence-electron chi connectivity index (χ0n) is 16.3. The molecule has 2 aliphatic carbocycles. The summed E-state index contributed by atoms with van der Waals surface area (Å²) < 4.78 is 8.08. The summed E-state index contributed by atoms with van der Waals surface area (Å²) in [7, 11) is 0. The molecular formula is C23H24I2N2O2. The Morgan fingerprint density at radius 2 is 1.97 bits per heavy atom. The van der Waals surface area contributed by atoms with Crippen molar-refractivity contribution in [3.63, 3.8) is 0 Å². The molecule has 4 rings (SSSR count). The van der Waals surface area contributed by atoms with Crippen LogP contribution in [-0.4, -0.2) is 12.1 Å². The normalized spacial score (nSPS) is 25.5. The number of hydrazone groups is 1.